The van der Waals surface area contributed by atoms with Crippen molar-refractivity contribution in [3.05, 3.63) is 95.1 Å². The Balaban J connectivity index is 1.47. The molecule has 0 fully saturated rings. The third-order valence-corrected chi connectivity index (χ3v) is 5.96. The highest BCUT2D eigenvalue weighted by Crippen LogP contribution is 2.28. The second-order valence-electron chi connectivity index (χ2n) is 8.03. The minimum atomic E-state index is -0.585. The molecule has 170 valence electrons. The molecule has 0 aromatic heterocycles. The van der Waals surface area contributed by atoms with Crippen LogP contribution in [0.25, 0.3) is 0 Å². The van der Waals surface area contributed by atoms with Crippen molar-refractivity contribution in [1.82, 2.24) is 10.2 Å². The molecule has 1 unspecified atom stereocenters. The quantitative estimate of drug-likeness (QED) is 0.547. The lowest BCUT2D eigenvalue weighted by Crippen LogP contribution is -2.48. The first-order valence-corrected chi connectivity index (χ1v) is 11.0. The summed E-state index contributed by atoms with van der Waals surface area (Å²) in [4.78, 5) is 28.1. The zero-order valence-corrected chi connectivity index (χ0v) is 18.9. The highest BCUT2D eigenvalue weighted by molar-refractivity contribution is 6.01. The van der Waals surface area contributed by atoms with Gasteiger partial charge in [0.1, 0.15) is 6.04 Å². The number of nitrogens with zero attached hydrogens (tertiary/aromatic N) is 1. The van der Waals surface area contributed by atoms with E-state index in [0.29, 0.717) is 43.0 Å². The van der Waals surface area contributed by atoms with Crippen LogP contribution in [0.5, 0.6) is 11.5 Å². The Hall–Kier alpha value is -3.80. The molecule has 1 heterocycles. The van der Waals surface area contributed by atoms with Crippen LogP contribution in [-0.4, -0.2) is 43.5 Å². The number of hydrogen-bond donors (Lipinski definition) is 1. The Morgan fingerprint density at radius 1 is 0.939 bits per heavy atom. The average Bonchev–Trinajstić information content (AvgIpc) is 3.19. The molecule has 2 amide bonds. The fourth-order valence-electron chi connectivity index (χ4n) is 4.19. The predicted molar refractivity (Wildman–Crippen MR) is 127 cm³/mol. The van der Waals surface area contributed by atoms with Crippen LogP contribution < -0.4 is 14.8 Å². The molecular weight excluding hydrogens is 416 g/mol. The van der Waals surface area contributed by atoms with E-state index in [9.17, 15) is 9.59 Å². The molecule has 1 atom stereocenters. The van der Waals surface area contributed by atoms with Crippen LogP contribution >= 0.6 is 0 Å². The van der Waals surface area contributed by atoms with Gasteiger partial charge in [-0.05, 0) is 41.3 Å². The third-order valence-electron chi connectivity index (χ3n) is 5.96. The Kier molecular flexibility index (Phi) is 6.93. The Bertz CT molecular complexity index is 1130. The molecule has 0 radical (unpaired) electrons. The molecule has 6 nitrogen and oxygen atoms in total. The fraction of sp³-hybridized carbons (Fsp3) is 0.259. The molecule has 0 bridgehead atoms. The van der Waals surface area contributed by atoms with Crippen LogP contribution in [0.4, 0.5) is 0 Å². The van der Waals surface area contributed by atoms with Gasteiger partial charge in [-0.1, -0.05) is 54.6 Å². The van der Waals surface area contributed by atoms with Crippen molar-refractivity contribution in [2.24, 2.45) is 0 Å². The number of methoxy groups -OCH3 is 2. The molecule has 0 saturated carbocycles. The van der Waals surface area contributed by atoms with E-state index in [1.165, 1.54) is 0 Å². The standard InChI is InChI=1S/C27H28N2O4/c1-32-24-13-12-20(17-25(24)33-2)14-15-28-26(30)23(16-19-8-4-3-5-9-19)29-18-21-10-6-7-11-22(21)27(29)31/h3-13,17,23H,14-16,18H2,1-2H3,(H,28,30). The lowest BCUT2D eigenvalue weighted by atomic mass is 10.0. The van der Waals surface area contributed by atoms with Crippen molar-refractivity contribution in [3.8, 4) is 11.5 Å². The molecule has 6 heteroatoms. The van der Waals surface area contributed by atoms with Gasteiger partial charge in [-0.15, -0.1) is 0 Å². The highest BCUT2D eigenvalue weighted by Gasteiger charge is 2.36. The second-order valence-corrected chi connectivity index (χ2v) is 8.03. The number of rotatable bonds is 9. The van der Waals surface area contributed by atoms with Gasteiger partial charge in [-0.2, -0.15) is 0 Å². The van der Waals surface area contributed by atoms with Gasteiger partial charge in [-0.3, -0.25) is 9.59 Å². The van der Waals surface area contributed by atoms with Crippen LogP contribution in [0.1, 0.15) is 27.0 Å². The molecular formula is C27H28N2O4. The summed E-state index contributed by atoms with van der Waals surface area (Å²) in [5.74, 6) is 1.08. The van der Waals surface area contributed by atoms with Crippen molar-refractivity contribution in [2.45, 2.75) is 25.4 Å². The Labute approximate surface area is 194 Å². The van der Waals surface area contributed by atoms with Crippen molar-refractivity contribution < 1.29 is 19.1 Å². The number of ether oxygens (including phenoxy) is 2. The maximum absolute atomic E-state index is 13.3. The van der Waals surface area contributed by atoms with Gasteiger partial charge in [-0.25, -0.2) is 0 Å². The fourth-order valence-corrected chi connectivity index (χ4v) is 4.19. The van der Waals surface area contributed by atoms with Crippen molar-refractivity contribution in [3.63, 3.8) is 0 Å². The summed E-state index contributed by atoms with van der Waals surface area (Å²) < 4.78 is 10.6. The van der Waals surface area contributed by atoms with Crippen molar-refractivity contribution >= 4 is 11.8 Å². The monoisotopic (exact) mass is 444 g/mol. The van der Waals surface area contributed by atoms with Gasteiger partial charge in [0.15, 0.2) is 11.5 Å². The number of amides is 2. The van der Waals surface area contributed by atoms with E-state index in [4.69, 9.17) is 9.47 Å². The molecule has 1 aliphatic rings. The van der Waals surface area contributed by atoms with Crippen LogP contribution in [0.3, 0.4) is 0 Å². The summed E-state index contributed by atoms with van der Waals surface area (Å²) in [5, 5.41) is 3.04. The van der Waals surface area contributed by atoms with E-state index < -0.39 is 6.04 Å². The normalized spacial score (nSPS) is 13.4. The number of carbonyl (C=O) groups is 2. The van der Waals surface area contributed by atoms with Crippen molar-refractivity contribution in [1.29, 1.82) is 0 Å². The lowest BCUT2D eigenvalue weighted by Gasteiger charge is -2.27. The Morgan fingerprint density at radius 3 is 2.39 bits per heavy atom. The van der Waals surface area contributed by atoms with Gasteiger partial charge in [0.2, 0.25) is 5.91 Å². The number of hydrogen-bond acceptors (Lipinski definition) is 4. The summed E-state index contributed by atoms with van der Waals surface area (Å²) in [5.41, 5.74) is 3.67. The number of fused-ring (bicyclic) bond motifs is 1. The maximum atomic E-state index is 13.3. The molecule has 0 spiro atoms. The molecule has 1 N–H and O–H groups in total. The van der Waals surface area contributed by atoms with Gasteiger partial charge in [0, 0.05) is 25.1 Å². The van der Waals surface area contributed by atoms with Gasteiger partial charge in [0.25, 0.3) is 5.91 Å². The number of carbonyl (C=O) groups excluding carboxylic acids is 2. The average molecular weight is 445 g/mol. The smallest absolute Gasteiger partial charge is 0.255 e. The maximum Gasteiger partial charge on any atom is 0.255 e. The SMILES string of the molecule is COc1ccc(CCNC(=O)C(Cc2ccccc2)N2Cc3ccccc3C2=O)cc1OC. The molecule has 4 rings (SSSR count). The van der Waals surface area contributed by atoms with Gasteiger partial charge < -0.3 is 19.7 Å². The summed E-state index contributed by atoms with van der Waals surface area (Å²) in [6.07, 6.45) is 1.10. The lowest BCUT2D eigenvalue weighted by molar-refractivity contribution is -0.125. The summed E-state index contributed by atoms with van der Waals surface area (Å²) in [7, 11) is 3.20. The van der Waals surface area contributed by atoms with E-state index in [1.807, 2.05) is 72.8 Å². The van der Waals surface area contributed by atoms with Crippen molar-refractivity contribution in [2.75, 3.05) is 20.8 Å². The predicted octanol–water partition coefficient (Wildman–Crippen LogP) is 3.63. The number of benzene rings is 3. The second kappa shape index (κ2) is 10.2. The summed E-state index contributed by atoms with van der Waals surface area (Å²) >= 11 is 0. The summed E-state index contributed by atoms with van der Waals surface area (Å²) in [6.45, 7) is 0.893. The van der Waals surface area contributed by atoms with E-state index in [2.05, 4.69) is 5.32 Å². The minimum absolute atomic E-state index is 0.0958. The Morgan fingerprint density at radius 2 is 1.67 bits per heavy atom. The molecule has 33 heavy (non-hydrogen) atoms. The topological polar surface area (TPSA) is 67.9 Å². The molecule has 3 aromatic carbocycles. The first-order chi connectivity index (χ1) is 16.1. The molecule has 3 aromatic rings. The van der Waals surface area contributed by atoms with E-state index in [-0.39, 0.29) is 11.8 Å². The van der Waals surface area contributed by atoms with Gasteiger partial charge in [0.05, 0.1) is 14.2 Å². The van der Waals surface area contributed by atoms with Crippen LogP contribution in [-0.2, 0) is 24.2 Å². The van der Waals surface area contributed by atoms with Crippen LogP contribution in [0, 0.1) is 0 Å². The van der Waals surface area contributed by atoms with E-state index >= 15 is 0 Å². The highest BCUT2D eigenvalue weighted by atomic mass is 16.5. The van der Waals surface area contributed by atoms with Crippen LogP contribution in [0.15, 0.2) is 72.8 Å². The molecule has 0 saturated heterocycles. The third kappa shape index (κ3) is 5.00. The molecule has 0 aliphatic carbocycles. The summed E-state index contributed by atoms with van der Waals surface area (Å²) in [6, 6.07) is 22.5. The largest absolute Gasteiger partial charge is 0.493 e. The zero-order chi connectivity index (χ0) is 23.2. The van der Waals surface area contributed by atoms with Crippen LogP contribution in [0.2, 0.25) is 0 Å². The zero-order valence-electron chi connectivity index (χ0n) is 18.9. The minimum Gasteiger partial charge on any atom is -0.493 e. The first kappa shape index (κ1) is 22.4. The van der Waals surface area contributed by atoms with Gasteiger partial charge >= 0.3 is 0 Å². The number of nitrogens with one attached hydrogen (secondary N) is 1. The molecule has 1 aliphatic heterocycles. The first-order valence-electron chi connectivity index (χ1n) is 11.0. The van der Waals surface area contributed by atoms with E-state index in [0.717, 1.165) is 16.7 Å². The van der Waals surface area contributed by atoms with E-state index in [1.54, 1.807) is 19.1 Å².